The molecule has 5 aromatic carbocycles. The minimum atomic E-state index is -2.10. The van der Waals surface area contributed by atoms with E-state index in [0.717, 1.165) is 101 Å². The lowest BCUT2D eigenvalue weighted by Gasteiger charge is -2.19. The van der Waals surface area contributed by atoms with E-state index in [9.17, 15) is 0 Å². The van der Waals surface area contributed by atoms with E-state index in [1.807, 2.05) is 130 Å². The normalized spacial score (nSPS) is 12.4. The van der Waals surface area contributed by atoms with Gasteiger partial charge in [-0.05, 0) is 263 Å². The Hall–Kier alpha value is -13.4. The van der Waals surface area contributed by atoms with Gasteiger partial charge in [0.15, 0.2) is 31.0 Å². The molecule has 600 valence electrons. The van der Waals surface area contributed by atoms with Gasteiger partial charge >= 0.3 is 0 Å². The summed E-state index contributed by atoms with van der Waals surface area (Å²) in [5.41, 5.74) is 42.1. The van der Waals surface area contributed by atoms with Crippen molar-refractivity contribution < 1.29 is 28.3 Å². The number of aromatic nitrogens is 15. The molecule has 120 heavy (non-hydrogen) atoms. The first-order chi connectivity index (χ1) is 59.1. The second-order valence-electron chi connectivity index (χ2n) is 34.0. The smallest absolute Gasteiger partial charge is 0.212 e. The maximum atomic E-state index is 8.35. The summed E-state index contributed by atoms with van der Waals surface area (Å²) in [6.07, 6.45) is 21.8. The summed E-state index contributed by atoms with van der Waals surface area (Å²) in [6, 6.07) is 68.6. The van der Waals surface area contributed by atoms with Gasteiger partial charge in [-0.3, -0.25) is 22.0 Å². The Balaban J connectivity index is 0.000000115. The number of hydrogen-bond acceptors (Lipinski definition) is 5. The summed E-state index contributed by atoms with van der Waals surface area (Å²) < 4.78 is 52.5. The third-order valence-electron chi connectivity index (χ3n) is 23.6. The Labute approximate surface area is 709 Å². The summed E-state index contributed by atoms with van der Waals surface area (Å²) in [6.45, 7) is 30.5. The van der Waals surface area contributed by atoms with Gasteiger partial charge in [-0.1, -0.05) is 78.8 Å². The Morgan fingerprint density at radius 2 is 0.675 bits per heavy atom. The van der Waals surface area contributed by atoms with Crippen LogP contribution in [0.3, 0.4) is 0 Å². The highest BCUT2D eigenvalue weighted by molar-refractivity contribution is 5.93. The summed E-state index contributed by atoms with van der Waals surface area (Å²) in [7, 11) is 10.3. The molecule has 0 N–H and O–H groups in total. The first kappa shape index (κ1) is 75.4. The van der Waals surface area contributed by atoms with Crippen LogP contribution in [-0.2, 0) is 41.7 Å². The fraction of sp³-hybridized carbons (Fsp3) is 0.238. The van der Waals surface area contributed by atoms with Crippen molar-refractivity contribution in [2.24, 2.45) is 40.7 Å². The molecule has 20 aromatic rings. The second-order valence-corrected chi connectivity index (χ2v) is 34.0. The first-order valence-corrected chi connectivity index (χ1v) is 41.4. The zero-order valence-corrected chi connectivity index (χ0v) is 72.8. The molecule has 0 saturated heterocycles. The van der Waals surface area contributed by atoms with Gasteiger partial charge in [0, 0.05) is 95.6 Å². The van der Waals surface area contributed by atoms with Crippen LogP contribution in [0.2, 0.25) is 0 Å². The fourth-order valence-corrected chi connectivity index (χ4v) is 17.5. The van der Waals surface area contributed by atoms with Crippen molar-refractivity contribution in [3.05, 3.63) is 329 Å². The van der Waals surface area contributed by atoms with Gasteiger partial charge in [0.05, 0.1) is 83.0 Å². The van der Waals surface area contributed by atoms with Crippen molar-refractivity contribution in [2.75, 3.05) is 0 Å². The first-order valence-electron chi connectivity index (χ1n) is 43.4. The second kappa shape index (κ2) is 32.5. The molecule has 0 bridgehead atoms. The van der Waals surface area contributed by atoms with Crippen molar-refractivity contribution in [1.82, 2.24) is 46.9 Å². The molecule has 15 nitrogen and oxygen atoms in total. The SMILES string of the molecule is Cc1c[n+](C)c(-c2ccc3nc4ccccn4c3c2C)cc1C(C)C.Cc1c[n+](C)c(-c2ccc3nc4ccccn4c3c2C)cc1CC(C)(C)C.Cc1cc[n+](C)c(-c2ccc3nc4ccccn4c3c2C)c1.[2H]C(C)(C)c1cc[n+](C)c(-c2ccc3nc4ccccn4c3c2C)c1.[2H]C([2H])([2H])c1ccc(-c2ccc3nc4ccccn4c3c2C)[n+](C)c1. The molecule has 0 aliphatic heterocycles. The quantitative estimate of drug-likeness (QED) is 0.141. The Morgan fingerprint density at radius 1 is 0.342 bits per heavy atom. The number of aryl methyl sites for hydroxylation is 14. The highest BCUT2D eigenvalue weighted by atomic mass is 15.0. The summed E-state index contributed by atoms with van der Waals surface area (Å²) >= 11 is 0. The highest BCUT2D eigenvalue weighted by Gasteiger charge is 2.26. The lowest BCUT2D eigenvalue weighted by atomic mass is 9.86. The summed E-state index contributed by atoms with van der Waals surface area (Å²) in [5, 5.41) is 0. The van der Waals surface area contributed by atoms with Crippen LogP contribution in [0.5, 0.6) is 0 Å². The Bertz CT molecular complexity index is 7570. The monoisotopic (exact) mass is 1580 g/mol. The third kappa shape index (κ3) is 15.3. The van der Waals surface area contributed by atoms with Crippen LogP contribution in [0.15, 0.2) is 262 Å². The van der Waals surface area contributed by atoms with E-state index < -0.39 is 12.7 Å². The molecule has 15 heteroatoms. The molecule has 0 aliphatic carbocycles. The lowest BCUT2D eigenvalue weighted by Crippen LogP contribution is -2.32. The van der Waals surface area contributed by atoms with E-state index in [1.165, 1.54) is 106 Å². The van der Waals surface area contributed by atoms with Gasteiger partial charge in [0.1, 0.15) is 63.5 Å². The van der Waals surface area contributed by atoms with E-state index in [0.29, 0.717) is 11.5 Å². The summed E-state index contributed by atoms with van der Waals surface area (Å²) in [5.74, 6) is -0.107. The van der Waals surface area contributed by atoms with Gasteiger partial charge in [0.25, 0.3) is 0 Å². The van der Waals surface area contributed by atoms with Crippen LogP contribution in [0, 0.1) is 67.7 Å². The molecule has 0 fully saturated rings. The fourth-order valence-electron chi connectivity index (χ4n) is 17.5. The molecule has 0 saturated carbocycles. The van der Waals surface area contributed by atoms with Crippen molar-refractivity contribution in [3.63, 3.8) is 0 Å². The number of fused-ring (bicyclic) bond motifs is 15. The average Bonchev–Trinajstić information content (AvgIpc) is 1.52. The average molecular weight is 1590 g/mol. The van der Waals surface area contributed by atoms with E-state index in [4.69, 9.17) is 25.4 Å². The van der Waals surface area contributed by atoms with Crippen LogP contribution in [-0.4, -0.2) is 46.9 Å². The third-order valence-corrected chi connectivity index (χ3v) is 23.6. The predicted octanol–water partition coefficient (Wildman–Crippen LogP) is 21.5. The molecule has 15 aromatic heterocycles. The van der Waals surface area contributed by atoms with Gasteiger partial charge < -0.3 is 0 Å². The van der Waals surface area contributed by atoms with Crippen molar-refractivity contribution in [1.29, 1.82) is 0 Å². The predicted molar refractivity (Wildman–Crippen MR) is 491 cm³/mol. The molecule has 0 aliphatic rings. The van der Waals surface area contributed by atoms with Crippen LogP contribution in [0.4, 0.5) is 0 Å². The van der Waals surface area contributed by atoms with Gasteiger partial charge in [-0.2, -0.15) is 0 Å². The van der Waals surface area contributed by atoms with E-state index >= 15 is 0 Å². The van der Waals surface area contributed by atoms with E-state index in [1.54, 1.807) is 12.3 Å². The van der Waals surface area contributed by atoms with Crippen molar-refractivity contribution in [3.8, 4) is 56.3 Å². The molecule has 20 rings (SSSR count). The van der Waals surface area contributed by atoms with Crippen LogP contribution >= 0.6 is 0 Å². The minimum Gasteiger partial charge on any atom is -0.299 e. The van der Waals surface area contributed by atoms with E-state index in [2.05, 4.69) is 309 Å². The zero-order valence-electron chi connectivity index (χ0n) is 76.8. The number of pyridine rings is 10. The van der Waals surface area contributed by atoms with Gasteiger partial charge in [-0.15, -0.1) is 0 Å². The number of hydrogen-bond donors (Lipinski definition) is 0. The standard InChI is InChI=1S/C24H28N3.C22H24N3.C21H22N3.2C19H18N3/c1-16-15-26(6)21(13-18(16)14-24(3,4)5)19-10-11-20-23(17(19)2)27-12-8-7-9-22(27)25-20;1-14(2)18-12-20(24(5)13-15(18)3)17-9-10-19-22(16(17)4)25-11-7-6-8-21(25)23-19;1-14(2)16-10-12-23(4)19(13-16)17-8-9-18-21(15(17)3)24-11-6-5-7-20(24)22-18;1-13-7-10-17(21(3)12-13)15-8-9-16-19(14(15)2)22-11-5-4-6-18(22)20-16;1-13-9-11-21(3)17(12-13)15-7-8-16-19(14(15)2)22-10-5-4-6-18(22)20-16/h7-13,15H,14H2,1-6H3;6-14H,1-5H3;5-14H,1-4H3;2*4-12H,1-3H3/q5*+1/i;;14D;1D3;. The van der Waals surface area contributed by atoms with Crippen molar-refractivity contribution >= 4 is 83.4 Å². The van der Waals surface area contributed by atoms with Crippen molar-refractivity contribution in [2.45, 2.75) is 129 Å². The molecule has 0 unspecified atom stereocenters. The van der Waals surface area contributed by atoms with Gasteiger partial charge in [0.2, 0.25) is 28.5 Å². The van der Waals surface area contributed by atoms with Crippen LogP contribution in [0.1, 0.15) is 133 Å². The van der Waals surface area contributed by atoms with E-state index in [-0.39, 0.29) is 5.41 Å². The molecular formula is C105H110N15+5. The van der Waals surface area contributed by atoms with Gasteiger partial charge in [-0.25, -0.2) is 47.8 Å². The maximum Gasteiger partial charge on any atom is 0.212 e. The molecule has 0 spiro atoms. The Morgan fingerprint density at radius 3 is 1.02 bits per heavy atom. The molecule has 0 atom stereocenters. The van der Waals surface area contributed by atoms with Crippen LogP contribution in [0.25, 0.3) is 140 Å². The zero-order chi connectivity index (χ0) is 87.9. The number of rotatable bonds is 8. The molecular weight excluding hydrogens is 1470 g/mol. The largest absolute Gasteiger partial charge is 0.299 e. The Kier molecular flexibility index (Phi) is 20.4. The summed E-state index contributed by atoms with van der Waals surface area (Å²) in [4.78, 5) is 23.6. The van der Waals surface area contributed by atoms with Crippen LogP contribution < -0.4 is 22.8 Å². The maximum absolute atomic E-state index is 8.35. The molecule has 15 heterocycles. The number of nitrogens with zero attached hydrogens (tertiary/aromatic N) is 15. The highest BCUT2D eigenvalue weighted by Crippen LogP contribution is 2.37. The minimum absolute atomic E-state index is 0.266. The number of imidazole rings is 5. The lowest BCUT2D eigenvalue weighted by molar-refractivity contribution is -0.660. The number of benzene rings is 5. The molecule has 0 radical (unpaired) electrons. The molecule has 0 amide bonds. The topological polar surface area (TPSA) is 106 Å².